The van der Waals surface area contributed by atoms with E-state index in [2.05, 4.69) is 16.7 Å². The molecule has 0 bridgehead atoms. The fraction of sp³-hybridized carbons (Fsp3) is 0.0625. The summed E-state index contributed by atoms with van der Waals surface area (Å²) in [7, 11) is 2.00. The van der Waals surface area contributed by atoms with E-state index < -0.39 is 0 Å². The topological polar surface area (TPSA) is 44.3 Å². The SMILES string of the molecule is C[n+]1c(/C=C/c2c(O)cccc2O)sc2ccccc21. The molecule has 0 unspecified atom stereocenters. The summed E-state index contributed by atoms with van der Waals surface area (Å²) in [6.45, 7) is 0. The van der Waals surface area contributed by atoms with E-state index >= 15 is 0 Å². The van der Waals surface area contributed by atoms with Crippen molar-refractivity contribution in [2.75, 3.05) is 0 Å². The molecule has 4 heteroatoms. The Labute approximate surface area is 120 Å². The number of aryl methyl sites for hydroxylation is 1. The Morgan fingerprint density at radius 2 is 1.65 bits per heavy atom. The summed E-state index contributed by atoms with van der Waals surface area (Å²) in [5.74, 6) is 0.148. The minimum Gasteiger partial charge on any atom is -0.507 e. The Morgan fingerprint density at radius 3 is 2.35 bits per heavy atom. The van der Waals surface area contributed by atoms with Gasteiger partial charge in [-0.1, -0.05) is 29.5 Å². The fourth-order valence-corrected chi connectivity index (χ4v) is 3.19. The predicted molar refractivity (Wildman–Crippen MR) is 81.7 cm³/mol. The molecular weight excluding hydrogens is 270 g/mol. The lowest BCUT2D eigenvalue weighted by atomic mass is 10.1. The second-order valence-electron chi connectivity index (χ2n) is 4.51. The average molecular weight is 284 g/mol. The van der Waals surface area contributed by atoms with Crippen molar-refractivity contribution in [1.82, 2.24) is 0 Å². The maximum absolute atomic E-state index is 9.76. The number of rotatable bonds is 2. The van der Waals surface area contributed by atoms with Crippen LogP contribution in [0.5, 0.6) is 11.5 Å². The predicted octanol–water partition coefficient (Wildman–Crippen LogP) is 3.31. The number of aromatic nitrogens is 1. The highest BCUT2D eigenvalue weighted by molar-refractivity contribution is 7.18. The van der Waals surface area contributed by atoms with E-state index in [4.69, 9.17) is 0 Å². The van der Waals surface area contributed by atoms with E-state index in [0.29, 0.717) is 5.56 Å². The second kappa shape index (κ2) is 4.98. The number of hydrogen-bond donors (Lipinski definition) is 2. The van der Waals surface area contributed by atoms with E-state index in [9.17, 15) is 10.2 Å². The highest BCUT2D eigenvalue weighted by Crippen LogP contribution is 2.29. The minimum atomic E-state index is 0.0741. The van der Waals surface area contributed by atoms with Crippen molar-refractivity contribution in [1.29, 1.82) is 0 Å². The number of benzene rings is 2. The number of phenolic OH excluding ortho intramolecular Hbond substituents is 2. The van der Waals surface area contributed by atoms with Crippen molar-refractivity contribution in [2.45, 2.75) is 0 Å². The zero-order valence-electron chi connectivity index (χ0n) is 10.9. The quantitative estimate of drug-likeness (QED) is 0.709. The molecule has 100 valence electrons. The van der Waals surface area contributed by atoms with Gasteiger partial charge in [0.25, 0.3) is 5.01 Å². The van der Waals surface area contributed by atoms with Crippen LogP contribution >= 0.6 is 11.3 Å². The van der Waals surface area contributed by atoms with Gasteiger partial charge in [-0.2, -0.15) is 4.57 Å². The van der Waals surface area contributed by atoms with Gasteiger partial charge in [-0.25, -0.2) is 0 Å². The van der Waals surface area contributed by atoms with E-state index in [1.807, 2.05) is 25.3 Å². The standard InChI is InChI=1S/C16H13NO2S/c1-17-12-5-2-3-8-15(12)20-16(17)10-9-11-13(18)6-4-7-14(11)19/h2-10H,1H3,(H,18,19)/p+1. The molecule has 20 heavy (non-hydrogen) atoms. The second-order valence-corrected chi connectivity index (χ2v) is 5.57. The molecule has 1 heterocycles. The number of fused-ring (bicyclic) bond motifs is 1. The van der Waals surface area contributed by atoms with Gasteiger partial charge in [0.15, 0.2) is 0 Å². The molecule has 0 amide bonds. The van der Waals surface area contributed by atoms with Crippen LogP contribution in [0, 0.1) is 0 Å². The Morgan fingerprint density at radius 1 is 0.950 bits per heavy atom. The molecule has 0 aliphatic rings. The van der Waals surface area contributed by atoms with Gasteiger partial charge in [-0.3, -0.25) is 0 Å². The molecule has 0 atom stereocenters. The summed E-state index contributed by atoms with van der Waals surface area (Å²) in [6.07, 6.45) is 3.63. The summed E-state index contributed by atoms with van der Waals surface area (Å²) in [4.78, 5) is 0. The van der Waals surface area contributed by atoms with E-state index in [1.165, 1.54) is 10.2 Å². The van der Waals surface area contributed by atoms with Crippen LogP contribution in [-0.2, 0) is 7.05 Å². The molecule has 0 aliphatic carbocycles. The third-order valence-electron chi connectivity index (χ3n) is 3.22. The van der Waals surface area contributed by atoms with Crippen LogP contribution in [0.1, 0.15) is 10.6 Å². The monoisotopic (exact) mass is 284 g/mol. The molecule has 0 fully saturated rings. The summed E-state index contributed by atoms with van der Waals surface area (Å²) in [6, 6.07) is 12.9. The number of para-hydroxylation sites is 1. The Balaban J connectivity index is 2.05. The molecule has 2 aromatic carbocycles. The minimum absolute atomic E-state index is 0.0741. The maximum atomic E-state index is 9.76. The van der Waals surface area contributed by atoms with Gasteiger partial charge >= 0.3 is 0 Å². The Kier molecular flexibility index (Phi) is 3.16. The van der Waals surface area contributed by atoms with Gasteiger partial charge in [0.05, 0.1) is 5.56 Å². The molecule has 0 aliphatic heterocycles. The zero-order valence-corrected chi connectivity index (χ0v) is 11.8. The van der Waals surface area contributed by atoms with Crippen LogP contribution in [0.3, 0.4) is 0 Å². The first-order chi connectivity index (χ1) is 9.66. The van der Waals surface area contributed by atoms with Crippen LogP contribution in [0.15, 0.2) is 42.5 Å². The first kappa shape index (κ1) is 12.7. The van der Waals surface area contributed by atoms with E-state index in [1.54, 1.807) is 35.6 Å². The van der Waals surface area contributed by atoms with Crippen LogP contribution in [0.25, 0.3) is 22.4 Å². The number of nitrogens with zero attached hydrogens (tertiary/aromatic N) is 1. The van der Waals surface area contributed by atoms with Crippen molar-refractivity contribution < 1.29 is 14.8 Å². The molecule has 0 saturated carbocycles. The van der Waals surface area contributed by atoms with Crippen molar-refractivity contribution in [3.05, 3.63) is 53.0 Å². The van der Waals surface area contributed by atoms with Gasteiger partial charge in [-0.15, -0.1) is 0 Å². The number of hydrogen-bond acceptors (Lipinski definition) is 3. The molecular formula is C16H14NO2S+. The first-order valence-corrected chi connectivity index (χ1v) is 7.05. The lowest BCUT2D eigenvalue weighted by Gasteiger charge is -2.00. The number of aromatic hydroxyl groups is 2. The first-order valence-electron chi connectivity index (χ1n) is 6.23. The molecule has 0 radical (unpaired) electrons. The van der Waals surface area contributed by atoms with Crippen LogP contribution in [0.2, 0.25) is 0 Å². The summed E-state index contributed by atoms with van der Waals surface area (Å²) < 4.78 is 3.30. The molecule has 3 rings (SSSR count). The van der Waals surface area contributed by atoms with Crippen molar-refractivity contribution in [2.24, 2.45) is 7.05 Å². The summed E-state index contributed by atoms with van der Waals surface area (Å²) in [5.41, 5.74) is 1.60. The average Bonchev–Trinajstić information content (AvgIpc) is 2.76. The lowest BCUT2D eigenvalue weighted by molar-refractivity contribution is -0.642. The van der Waals surface area contributed by atoms with Crippen molar-refractivity contribution >= 4 is 33.7 Å². The largest absolute Gasteiger partial charge is 0.507 e. The smallest absolute Gasteiger partial charge is 0.262 e. The van der Waals surface area contributed by atoms with Gasteiger partial charge in [0.1, 0.15) is 23.2 Å². The molecule has 1 aromatic heterocycles. The lowest BCUT2D eigenvalue weighted by Crippen LogP contribution is -2.28. The Hall–Kier alpha value is -2.33. The number of phenols is 2. The highest BCUT2D eigenvalue weighted by Gasteiger charge is 2.13. The fourth-order valence-electron chi connectivity index (χ4n) is 2.13. The van der Waals surface area contributed by atoms with Gasteiger partial charge in [0.2, 0.25) is 5.52 Å². The van der Waals surface area contributed by atoms with E-state index in [-0.39, 0.29) is 11.5 Å². The molecule has 0 saturated heterocycles. The third-order valence-corrected chi connectivity index (χ3v) is 4.41. The van der Waals surface area contributed by atoms with Crippen LogP contribution in [-0.4, -0.2) is 10.2 Å². The molecule has 3 nitrogen and oxygen atoms in total. The molecule has 2 N–H and O–H groups in total. The van der Waals surface area contributed by atoms with Crippen LogP contribution in [0.4, 0.5) is 0 Å². The third kappa shape index (κ3) is 2.14. The highest BCUT2D eigenvalue weighted by atomic mass is 32.1. The summed E-state index contributed by atoms with van der Waals surface area (Å²) >= 11 is 1.67. The zero-order chi connectivity index (χ0) is 14.1. The normalized spacial score (nSPS) is 11.4. The number of thiazole rings is 1. The molecule has 0 spiro atoms. The summed E-state index contributed by atoms with van der Waals surface area (Å²) in [5, 5.41) is 20.6. The van der Waals surface area contributed by atoms with Crippen molar-refractivity contribution in [3.8, 4) is 11.5 Å². The maximum Gasteiger partial charge on any atom is 0.262 e. The van der Waals surface area contributed by atoms with E-state index in [0.717, 1.165) is 5.01 Å². The Bertz CT molecular complexity index is 785. The van der Waals surface area contributed by atoms with Gasteiger partial charge in [0, 0.05) is 12.1 Å². The van der Waals surface area contributed by atoms with Crippen LogP contribution < -0.4 is 4.57 Å². The van der Waals surface area contributed by atoms with Gasteiger partial charge < -0.3 is 10.2 Å². The molecule has 3 aromatic rings. The van der Waals surface area contributed by atoms with Gasteiger partial charge in [-0.05, 0) is 24.3 Å². The van der Waals surface area contributed by atoms with Crippen molar-refractivity contribution in [3.63, 3.8) is 0 Å².